The predicted molar refractivity (Wildman–Crippen MR) is 126 cm³/mol. The van der Waals surface area contributed by atoms with Crippen molar-refractivity contribution in [1.82, 2.24) is 0 Å². The van der Waals surface area contributed by atoms with E-state index < -0.39 is 14.9 Å². The highest BCUT2D eigenvalue weighted by atomic mass is 35.5. The van der Waals surface area contributed by atoms with Gasteiger partial charge < -0.3 is 0 Å². The summed E-state index contributed by atoms with van der Waals surface area (Å²) in [6.45, 7) is 2.24. The van der Waals surface area contributed by atoms with Crippen molar-refractivity contribution in [3.05, 3.63) is 34.4 Å². The molecule has 0 bridgehead atoms. The number of anilines is 1. The summed E-state index contributed by atoms with van der Waals surface area (Å²) in [5.74, 6) is -0.0447. The first kappa shape index (κ1) is 26.7. The van der Waals surface area contributed by atoms with Gasteiger partial charge in [-0.1, -0.05) is 77.2 Å². The lowest BCUT2D eigenvalue weighted by Gasteiger charge is -2.11. The molecule has 0 aromatic heterocycles. The first-order valence-electron chi connectivity index (χ1n) is 11.2. The van der Waals surface area contributed by atoms with Crippen molar-refractivity contribution in [1.29, 1.82) is 0 Å². The van der Waals surface area contributed by atoms with Crippen LogP contribution in [0.3, 0.4) is 0 Å². The molecule has 0 aliphatic carbocycles. The Labute approximate surface area is 187 Å². The Hall–Kier alpha value is -1.34. The molecule has 1 atom stereocenters. The molecule has 0 amide bonds. The Morgan fingerprint density at radius 3 is 2.13 bits per heavy atom. The lowest BCUT2D eigenvalue weighted by atomic mass is 10.0. The topological polar surface area (TPSA) is 89.3 Å². The highest BCUT2D eigenvalue weighted by molar-refractivity contribution is 7.92. The first-order valence-corrected chi connectivity index (χ1v) is 13.3. The van der Waals surface area contributed by atoms with Gasteiger partial charge in [0.25, 0.3) is 5.69 Å². The Bertz CT molecular complexity index is 713. The molecule has 8 heteroatoms. The largest absolute Gasteiger partial charge is 0.283 e. The maximum Gasteiger partial charge on any atom is 0.271 e. The molecular weight excluding hydrogens is 424 g/mol. The summed E-state index contributed by atoms with van der Waals surface area (Å²) in [6, 6.07) is 5.49. The number of non-ortho nitro benzene ring substituents is 1. The number of nitro groups is 1. The van der Waals surface area contributed by atoms with Crippen LogP contribution in [0.5, 0.6) is 0 Å². The molecule has 1 aromatic rings. The Morgan fingerprint density at radius 2 is 1.53 bits per heavy atom. The molecule has 0 aliphatic rings. The Balaban J connectivity index is 2.12. The van der Waals surface area contributed by atoms with Gasteiger partial charge in [-0.2, -0.15) is 0 Å². The molecule has 0 heterocycles. The summed E-state index contributed by atoms with van der Waals surface area (Å²) in [7, 11) is -3.55. The Kier molecular flexibility index (Phi) is 13.8. The maximum atomic E-state index is 12.2. The highest BCUT2D eigenvalue weighted by Crippen LogP contribution is 2.20. The lowest BCUT2D eigenvalue weighted by molar-refractivity contribution is -0.384. The zero-order valence-corrected chi connectivity index (χ0v) is 19.7. The van der Waals surface area contributed by atoms with Crippen molar-refractivity contribution < 1.29 is 13.3 Å². The molecule has 6 nitrogen and oxygen atoms in total. The van der Waals surface area contributed by atoms with Gasteiger partial charge in [0.05, 0.1) is 16.4 Å². The summed E-state index contributed by atoms with van der Waals surface area (Å²) in [6.07, 6.45) is 14.9. The SMILES string of the molecule is CCCCCCCCCCCCC(Cl)CCCS(=O)(=O)Nc1cccc([N+](=O)[O-])c1. The number of rotatable bonds is 18. The minimum absolute atomic E-state index is 0.00736. The highest BCUT2D eigenvalue weighted by Gasteiger charge is 2.14. The third-order valence-corrected chi connectivity index (χ3v) is 6.94. The van der Waals surface area contributed by atoms with Gasteiger partial charge in [-0.05, 0) is 25.3 Å². The summed E-state index contributed by atoms with van der Waals surface area (Å²) < 4.78 is 26.8. The molecule has 30 heavy (non-hydrogen) atoms. The second-order valence-corrected chi connectivity index (χ2v) is 10.4. The van der Waals surface area contributed by atoms with Gasteiger partial charge in [-0.3, -0.25) is 14.8 Å². The van der Waals surface area contributed by atoms with Crippen LogP contribution in [0.1, 0.15) is 90.4 Å². The molecule has 0 spiro atoms. The average molecular weight is 461 g/mol. The third kappa shape index (κ3) is 13.1. The van der Waals surface area contributed by atoms with Gasteiger partial charge in [0.2, 0.25) is 10.0 Å². The molecule has 0 radical (unpaired) electrons. The number of nitrogens with one attached hydrogen (secondary N) is 1. The first-order chi connectivity index (χ1) is 14.3. The van der Waals surface area contributed by atoms with Crippen LogP contribution in [0, 0.1) is 10.1 Å². The molecular formula is C22H37ClN2O4S. The summed E-state index contributed by atoms with van der Waals surface area (Å²) in [5.41, 5.74) is 0.0597. The fourth-order valence-electron chi connectivity index (χ4n) is 3.41. The molecule has 172 valence electrons. The monoisotopic (exact) mass is 460 g/mol. The Morgan fingerprint density at radius 1 is 0.967 bits per heavy atom. The van der Waals surface area contributed by atoms with E-state index in [1.807, 2.05) is 0 Å². The number of nitro benzene ring substituents is 1. The van der Waals surface area contributed by atoms with Crippen LogP contribution in [-0.4, -0.2) is 24.5 Å². The number of halogens is 1. The van der Waals surface area contributed by atoms with E-state index in [0.29, 0.717) is 12.8 Å². The molecule has 0 fully saturated rings. The third-order valence-electron chi connectivity index (χ3n) is 5.13. The van der Waals surface area contributed by atoms with Crippen molar-refractivity contribution in [3.8, 4) is 0 Å². The second kappa shape index (κ2) is 15.5. The van der Waals surface area contributed by atoms with Gasteiger partial charge in [0.1, 0.15) is 0 Å². The molecule has 1 N–H and O–H groups in total. The van der Waals surface area contributed by atoms with Crippen molar-refractivity contribution in [2.75, 3.05) is 10.5 Å². The molecule has 1 rings (SSSR count). The summed E-state index contributed by atoms with van der Waals surface area (Å²) in [4.78, 5) is 10.2. The zero-order valence-electron chi connectivity index (χ0n) is 18.2. The van der Waals surface area contributed by atoms with Gasteiger partial charge >= 0.3 is 0 Å². The van der Waals surface area contributed by atoms with E-state index >= 15 is 0 Å². The average Bonchev–Trinajstić information content (AvgIpc) is 2.69. The predicted octanol–water partition coefficient (Wildman–Crippen LogP) is 7.04. The van der Waals surface area contributed by atoms with E-state index in [4.69, 9.17) is 11.6 Å². The molecule has 0 saturated heterocycles. The van der Waals surface area contributed by atoms with E-state index in [-0.39, 0.29) is 22.5 Å². The minimum atomic E-state index is -3.55. The van der Waals surface area contributed by atoms with Crippen LogP contribution in [0.15, 0.2) is 24.3 Å². The smallest absolute Gasteiger partial charge is 0.271 e. The van der Waals surface area contributed by atoms with Crippen LogP contribution >= 0.6 is 11.6 Å². The minimum Gasteiger partial charge on any atom is -0.283 e. The number of hydrogen-bond donors (Lipinski definition) is 1. The van der Waals surface area contributed by atoms with E-state index in [1.54, 1.807) is 0 Å². The van der Waals surface area contributed by atoms with Crippen LogP contribution in [0.2, 0.25) is 0 Å². The number of nitrogens with zero attached hydrogens (tertiary/aromatic N) is 1. The summed E-state index contributed by atoms with van der Waals surface area (Å²) >= 11 is 6.35. The van der Waals surface area contributed by atoms with Gasteiger partial charge in [-0.25, -0.2) is 8.42 Å². The van der Waals surface area contributed by atoms with Crippen molar-refractivity contribution in [3.63, 3.8) is 0 Å². The van der Waals surface area contributed by atoms with Crippen molar-refractivity contribution in [2.45, 2.75) is 95.8 Å². The number of sulfonamides is 1. The standard InChI is InChI=1S/C22H37ClN2O4S/c1-2-3-4-5-6-7-8-9-10-11-14-20(23)15-13-18-30(28,29)24-21-16-12-17-22(19-21)25(26)27/h12,16-17,19-20,24H,2-11,13-15,18H2,1H3. The molecule has 0 aliphatic heterocycles. The molecule has 1 unspecified atom stereocenters. The molecule has 1 aromatic carbocycles. The molecule has 0 saturated carbocycles. The normalized spacial score (nSPS) is 12.6. The number of benzene rings is 1. The fourth-order valence-corrected chi connectivity index (χ4v) is 4.85. The number of alkyl halides is 1. The maximum absolute atomic E-state index is 12.2. The van der Waals surface area contributed by atoms with Crippen LogP contribution < -0.4 is 4.72 Å². The van der Waals surface area contributed by atoms with Crippen LogP contribution in [-0.2, 0) is 10.0 Å². The van der Waals surface area contributed by atoms with E-state index in [2.05, 4.69) is 11.6 Å². The summed E-state index contributed by atoms with van der Waals surface area (Å²) in [5, 5.41) is 10.8. The lowest BCUT2D eigenvalue weighted by Crippen LogP contribution is -2.17. The van der Waals surface area contributed by atoms with E-state index in [1.165, 1.54) is 82.1 Å². The second-order valence-electron chi connectivity index (χ2n) is 7.94. The van der Waals surface area contributed by atoms with Crippen LogP contribution in [0.4, 0.5) is 11.4 Å². The van der Waals surface area contributed by atoms with Crippen LogP contribution in [0.25, 0.3) is 0 Å². The number of unbranched alkanes of at least 4 members (excludes halogenated alkanes) is 9. The van der Waals surface area contributed by atoms with Gasteiger partial charge in [0, 0.05) is 17.5 Å². The van der Waals surface area contributed by atoms with Gasteiger partial charge in [-0.15, -0.1) is 11.6 Å². The quantitative estimate of drug-likeness (QED) is 0.110. The van der Waals surface area contributed by atoms with Gasteiger partial charge in [0.15, 0.2) is 0 Å². The van der Waals surface area contributed by atoms with E-state index in [9.17, 15) is 18.5 Å². The van der Waals surface area contributed by atoms with Crippen molar-refractivity contribution in [2.24, 2.45) is 0 Å². The zero-order chi connectivity index (χ0) is 22.2. The number of hydrogen-bond acceptors (Lipinski definition) is 4. The van der Waals surface area contributed by atoms with E-state index in [0.717, 1.165) is 12.8 Å². The van der Waals surface area contributed by atoms with Crippen molar-refractivity contribution >= 4 is 33.0 Å². The fraction of sp³-hybridized carbons (Fsp3) is 0.727.